The lowest BCUT2D eigenvalue weighted by Gasteiger charge is -2.16. The van der Waals surface area contributed by atoms with Gasteiger partial charge in [-0.15, -0.1) is 0 Å². The number of carbonyl (C=O) groups is 1. The van der Waals surface area contributed by atoms with E-state index in [0.29, 0.717) is 6.42 Å². The number of amides is 1. The second-order valence-corrected chi connectivity index (χ2v) is 5.74. The molecular weight excluding hydrogens is 309 g/mol. The lowest BCUT2D eigenvalue weighted by Crippen LogP contribution is -2.33. The third-order valence-electron chi connectivity index (χ3n) is 3.88. The van der Waals surface area contributed by atoms with E-state index in [1.807, 2.05) is 31.2 Å². The van der Waals surface area contributed by atoms with Gasteiger partial charge >= 0.3 is 0 Å². The maximum absolute atomic E-state index is 13.6. The zero-order valence-corrected chi connectivity index (χ0v) is 13.8. The molecule has 2 N–H and O–H groups in total. The number of methoxy groups -OCH3 is 1. The Morgan fingerprint density at radius 2 is 1.88 bits per heavy atom. The van der Waals surface area contributed by atoms with Crippen molar-refractivity contribution in [2.75, 3.05) is 13.7 Å². The van der Waals surface area contributed by atoms with Crippen molar-refractivity contribution in [1.82, 2.24) is 5.32 Å². The fourth-order valence-corrected chi connectivity index (χ4v) is 2.43. The topological polar surface area (TPSA) is 58.6 Å². The van der Waals surface area contributed by atoms with Crippen LogP contribution in [0.4, 0.5) is 4.39 Å². The molecule has 128 valence electrons. The summed E-state index contributed by atoms with van der Waals surface area (Å²) >= 11 is 0. The Balaban J connectivity index is 1.86. The largest absolute Gasteiger partial charge is 0.497 e. The Labute approximate surface area is 141 Å². The van der Waals surface area contributed by atoms with Crippen LogP contribution in [0.1, 0.15) is 24.2 Å². The zero-order valence-electron chi connectivity index (χ0n) is 13.8. The summed E-state index contributed by atoms with van der Waals surface area (Å²) in [5.41, 5.74) is 1.20. The first-order chi connectivity index (χ1) is 11.5. The number of aliphatic hydroxyl groups excluding tert-OH is 1. The van der Waals surface area contributed by atoms with Crippen molar-refractivity contribution in [3.63, 3.8) is 0 Å². The van der Waals surface area contributed by atoms with E-state index in [1.165, 1.54) is 12.1 Å². The highest BCUT2D eigenvalue weighted by molar-refractivity contribution is 5.78. The molecule has 0 aliphatic heterocycles. The fourth-order valence-electron chi connectivity index (χ4n) is 2.43. The molecule has 0 aliphatic rings. The molecule has 0 aliphatic carbocycles. The molecule has 0 fully saturated rings. The maximum Gasteiger partial charge on any atom is 0.223 e. The molecule has 2 aromatic rings. The third kappa shape index (κ3) is 4.80. The van der Waals surface area contributed by atoms with Crippen LogP contribution in [-0.4, -0.2) is 24.7 Å². The number of nitrogens with one attached hydrogen (secondary N) is 1. The number of hydrogen-bond donors (Lipinski definition) is 2. The highest BCUT2D eigenvalue weighted by atomic mass is 19.1. The molecule has 1 amide bonds. The normalized spacial score (nSPS) is 13.2. The molecule has 2 rings (SSSR count). The van der Waals surface area contributed by atoms with Gasteiger partial charge in [0.05, 0.1) is 13.2 Å². The molecule has 5 heteroatoms. The van der Waals surface area contributed by atoms with Crippen LogP contribution in [0.25, 0.3) is 0 Å². The van der Waals surface area contributed by atoms with E-state index in [0.717, 1.165) is 11.3 Å². The van der Waals surface area contributed by atoms with Gasteiger partial charge in [0.2, 0.25) is 5.91 Å². The van der Waals surface area contributed by atoms with Crippen molar-refractivity contribution >= 4 is 5.91 Å². The Morgan fingerprint density at radius 3 is 2.50 bits per heavy atom. The summed E-state index contributed by atoms with van der Waals surface area (Å²) in [5.74, 6) is -0.151. The summed E-state index contributed by atoms with van der Waals surface area (Å²) in [6, 6.07) is 13.5. The van der Waals surface area contributed by atoms with Crippen molar-refractivity contribution in [3.05, 3.63) is 65.5 Å². The number of halogens is 1. The van der Waals surface area contributed by atoms with Crippen LogP contribution in [0, 0.1) is 11.7 Å². The van der Waals surface area contributed by atoms with E-state index in [4.69, 9.17) is 4.74 Å². The number of carbonyl (C=O) groups excluding carboxylic acids is 1. The fraction of sp³-hybridized carbons (Fsp3) is 0.316. The first-order valence-electron chi connectivity index (χ1n) is 7.84. The van der Waals surface area contributed by atoms with Gasteiger partial charge in [-0.2, -0.15) is 0 Å². The monoisotopic (exact) mass is 331 g/mol. The minimum absolute atomic E-state index is 0.0211. The van der Waals surface area contributed by atoms with Gasteiger partial charge in [-0.25, -0.2) is 4.39 Å². The number of hydrogen-bond acceptors (Lipinski definition) is 3. The molecule has 24 heavy (non-hydrogen) atoms. The lowest BCUT2D eigenvalue weighted by molar-refractivity contribution is -0.124. The van der Waals surface area contributed by atoms with Crippen molar-refractivity contribution in [3.8, 4) is 5.75 Å². The predicted octanol–water partition coefficient (Wildman–Crippen LogP) is 2.86. The van der Waals surface area contributed by atoms with E-state index in [2.05, 4.69) is 5.32 Å². The van der Waals surface area contributed by atoms with Crippen molar-refractivity contribution < 1.29 is 19.0 Å². The molecular formula is C19H22FNO3. The van der Waals surface area contributed by atoms with Gasteiger partial charge in [0.15, 0.2) is 0 Å². The molecule has 0 saturated heterocycles. The Hall–Kier alpha value is -2.40. The molecule has 0 bridgehead atoms. The van der Waals surface area contributed by atoms with Crippen molar-refractivity contribution in [2.24, 2.45) is 5.92 Å². The minimum atomic E-state index is -1.07. The van der Waals surface area contributed by atoms with Crippen LogP contribution in [0.15, 0.2) is 48.5 Å². The summed E-state index contributed by atoms with van der Waals surface area (Å²) in [7, 11) is 1.60. The van der Waals surface area contributed by atoms with Crippen LogP contribution in [0.2, 0.25) is 0 Å². The van der Waals surface area contributed by atoms with Gasteiger partial charge in [0, 0.05) is 18.0 Å². The molecule has 0 aromatic heterocycles. The average molecular weight is 331 g/mol. The van der Waals surface area contributed by atoms with E-state index in [9.17, 15) is 14.3 Å². The standard InChI is InChI=1S/C19H22FNO3/c1-13(11-14-7-9-15(24-2)10-8-14)19(23)21-12-18(22)16-5-3-4-6-17(16)20/h3-10,13,18,22H,11-12H2,1-2H3,(H,21,23). The third-order valence-corrected chi connectivity index (χ3v) is 3.88. The molecule has 0 heterocycles. The first-order valence-corrected chi connectivity index (χ1v) is 7.84. The summed E-state index contributed by atoms with van der Waals surface area (Å²) in [6.07, 6.45) is -0.491. The van der Waals surface area contributed by atoms with Gasteiger partial charge in [-0.3, -0.25) is 4.79 Å². The number of ether oxygens (including phenoxy) is 1. The quantitative estimate of drug-likeness (QED) is 0.820. The molecule has 0 saturated carbocycles. The smallest absolute Gasteiger partial charge is 0.223 e. The highest BCUT2D eigenvalue weighted by Gasteiger charge is 2.17. The Bertz CT molecular complexity index is 673. The Morgan fingerprint density at radius 1 is 1.21 bits per heavy atom. The predicted molar refractivity (Wildman–Crippen MR) is 90.2 cm³/mol. The number of rotatable bonds is 7. The van der Waals surface area contributed by atoms with Crippen LogP contribution < -0.4 is 10.1 Å². The van der Waals surface area contributed by atoms with E-state index < -0.39 is 11.9 Å². The van der Waals surface area contributed by atoms with Gasteiger partial charge in [-0.05, 0) is 30.2 Å². The molecule has 2 unspecified atom stereocenters. The van der Waals surface area contributed by atoms with E-state index in [1.54, 1.807) is 19.2 Å². The molecule has 0 radical (unpaired) electrons. The Kier molecular flexibility index (Phi) is 6.32. The first kappa shape index (κ1) is 17.9. The van der Waals surface area contributed by atoms with Gasteiger partial charge < -0.3 is 15.2 Å². The van der Waals surface area contributed by atoms with Crippen LogP contribution >= 0.6 is 0 Å². The average Bonchev–Trinajstić information content (AvgIpc) is 2.60. The highest BCUT2D eigenvalue weighted by Crippen LogP contribution is 2.17. The summed E-state index contributed by atoms with van der Waals surface area (Å²) in [4.78, 5) is 12.2. The van der Waals surface area contributed by atoms with Gasteiger partial charge in [0.25, 0.3) is 0 Å². The maximum atomic E-state index is 13.6. The van der Waals surface area contributed by atoms with Gasteiger partial charge in [-0.1, -0.05) is 37.3 Å². The number of aliphatic hydroxyl groups is 1. The lowest BCUT2D eigenvalue weighted by atomic mass is 10.00. The molecule has 2 atom stereocenters. The SMILES string of the molecule is COc1ccc(CC(C)C(=O)NCC(O)c2ccccc2F)cc1. The van der Waals surface area contributed by atoms with Crippen LogP contribution in [-0.2, 0) is 11.2 Å². The van der Waals surface area contributed by atoms with Crippen LogP contribution in [0.3, 0.4) is 0 Å². The minimum Gasteiger partial charge on any atom is -0.497 e. The van der Waals surface area contributed by atoms with Crippen molar-refractivity contribution in [1.29, 1.82) is 0 Å². The molecule has 0 spiro atoms. The summed E-state index contributed by atoms with van der Waals surface area (Å²) in [5, 5.41) is 12.7. The molecule has 4 nitrogen and oxygen atoms in total. The van der Waals surface area contributed by atoms with Crippen LogP contribution in [0.5, 0.6) is 5.75 Å². The van der Waals surface area contributed by atoms with Crippen molar-refractivity contribution in [2.45, 2.75) is 19.4 Å². The summed E-state index contributed by atoms with van der Waals surface area (Å²) < 4.78 is 18.7. The number of benzene rings is 2. The zero-order chi connectivity index (χ0) is 17.5. The second kappa shape index (κ2) is 8.45. The van der Waals surface area contributed by atoms with Gasteiger partial charge in [0.1, 0.15) is 11.6 Å². The molecule has 2 aromatic carbocycles. The van der Waals surface area contributed by atoms with E-state index in [-0.39, 0.29) is 23.9 Å². The summed E-state index contributed by atoms with van der Waals surface area (Å²) in [6.45, 7) is 1.79. The second-order valence-electron chi connectivity index (χ2n) is 5.74. The van der Waals surface area contributed by atoms with E-state index >= 15 is 0 Å².